The Labute approximate surface area is 128 Å². The molecule has 0 aromatic heterocycles. The van der Waals surface area contributed by atoms with E-state index in [2.05, 4.69) is 46.4 Å². The molecule has 1 heterocycles. The van der Waals surface area contributed by atoms with Crippen molar-refractivity contribution in [3.63, 3.8) is 0 Å². The van der Waals surface area contributed by atoms with Crippen molar-refractivity contribution in [3.05, 3.63) is 35.4 Å². The number of nitrogens with zero attached hydrogens (tertiary/aromatic N) is 2. The van der Waals surface area contributed by atoms with Gasteiger partial charge < -0.3 is 10.2 Å². The summed E-state index contributed by atoms with van der Waals surface area (Å²) in [6.45, 7) is 5.47. The average molecular weight is 285 g/mol. The number of likely N-dealkylation sites (tertiary alicyclic amines) is 1. The summed E-state index contributed by atoms with van der Waals surface area (Å²) in [5, 5.41) is 3.54. The van der Waals surface area contributed by atoms with Gasteiger partial charge >= 0.3 is 0 Å². The Morgan fingerprint density at radius 1 is 1.24 bits per heavy atom. The zero-order valence-electron chi connectivity index (χ0n) is 13.4. The van der Waals surface area contributed by atoms with Crippen LogP contribution in [0.5, 0.6) is 0 Å². The summed E-state index contributed by atoms with van der Waals surface area (Å²) < 4.78 is 0. The van der Waals surface area contributed by atoms with Crippen LogP contribution in [0.2, 0.25) is 0 Å². The molecule has 1 saturated carbocycles. The van der Waals surface area contributed by atoms with E-state index in [9.17, 15) is 0 Å². The van der Waals surface area contributed by atoms with Crippen LogP contribution in [0.4, 0.5) is 0 Å². The van der Waals surface area contributed by atoms with Crippen molar-refractivity contribution >= 4 is 5.96 Å². The summed E-state index contributed by atoms with van der Waals surface area (Å²) in [6, 6.07) is 8.81. The smallest absolute Gasteiger partial charge is 0.193 e. The maximum absolute atomic E-state index is 4.47. The second-order valence-electron chi connectivity index (χ2n) is 6.73. The lowest BCUT2D eigenvalue weighted by Crippen LogP contribution is -2.43. The molecule has 3 heteroatoms. The number of aliphatic imine (C=N–C) groups is 1. The van der Waals surface area contributed by atoms with Crippen molar-refractivity contribution in [2.45, 2.75) is 39.0 Å². The lowest BCUT2D eigenvalue weighted by Gasteiger charge is -2.38. The van der Waals surface area contributed by atoms with Crippen LogP contribution in [0.1, 0.15) is 36.8 Å². The maximum Gasteiger partial charge on any atom is 0.193 e. The van der Waals surface area contributed by atoms with Gasteiger partial charge in [0.2, 0.25) is 0 Å². The molecule has 21 heavy (non-hydrogen) atoms. The maximum atomic E-state index is 4.47. The molecule has 2 fully saturated rings. The van der Waals surface area contributed by atoms with E-state index in [0.29, 0.717) is 5.41 Å². The van der Waals surface area contributed by atoms with Gasteiger partial charge in [-0.25, -0.2) is 0 Å². The van der Waals surface area contributed by atoms with E-state index in [-0.39, 0.29) is 0 Å². The van der Waals surface area contributed by atoms with Gasteiger partial charge in [0.25, 0.3) is 0 Å². The first-order valence-electron chi connectivity index (χ1n) is 8.22. The molecule has 3 nitrogen and oxygen atoms in total. The summed E-state index contributed by atoms with van der Waals surface area (Å²) in [5.74, 6) is 1.09. The van der Waals surface area contributed by atoms with Crippen LogP contribution in [-0.2, 0) is 6.42 Å². The van der Waals surface area contributed by atoms with E-state index < -0.39 is 0 Å². The topological polar surface area (TPSA) is 27.6 Å². The largest absolute Gasteiger partial charge is 0.356 e. The van der Waals surface area contributed by atoms with Crippen molar-refractivity contribution in [2.24, 2.45) is 10.4 Å². The summed E-state index contributed by atoms with van der Waals surface area (Å²) >= 11 is 0. The number of nitrogens with one attached hydrogen (secondary N) is 1. The van der Waals surface area contributed by atoms with Gasteiger partial charge in [0.05, 0.1) is 0 Å². The van der Waals surface area contributed by atoms with Gasteiger partial charge in [-0.05, 0) is 43.6 Å². The van der Waals surface area contributed by atoms with Crippen LogP contribution in [0, 0.1) is 12.3 Å². The Hall–Kier alpha value is -1.51. The molecule has 1 aromatic carbocycles. The minimum Gasteiger partial charge on any atom is -0.356 e. The third kappa shape index (κ3) is 3.22. The minimum atomic E-state index is 0.634. The molecule has 0 atom stereocenters. The van der Waals surface area contributed by atoms with Gasteiger partial charge in [-0.15, -0.1) is 0 Å². The molecule has 0 unspecified atom stereocenters. The van der Waals surface area contributed by atoms with Crippen LogP contribution < -0.4 is 5.32 Å². The molecular formula is C18H27N3. The molecule has 1 spiro atoms. The molecule has 0 bridgehead atoms. The fourth-order valence-electron chi connectivity index (χ4n) is 3.61. The third-order valence-electron chi connectivity index (χ3n) is 5.18. The Morgan fingerprint density at radius 2 is 2.00 bits per heavy atom. The van der Waals surface area contributed by atoms with Crippen LogP contribution in [0.15, 0.2) is 29.3 Å². The molecule has 2 aliphatic rings. The second kappa shape index (κ2) is 6.08. The standard InChI is InChI=1S/C18H27N3/c1-15-4-6-16(7-5-15)8-12-20-17(19-2)21-13-11-18(14-21)9-3-10-18/h4-7H,3,8-14H2,1-2H3,(H,19,20). The third-order valence-corrected chi connectivity index (χ3v) is 5.18. The van der Waals surface area contributed by atoms with E-state index in [1.165, 1.54) is 49.9 Å². The zero-order chi connectivity index (χ0) is 14.7. The van der Waals surface area contributed by atoms with Crippen molar-refractivity contribution in [2.75, 3.05) is 26.7 Å². The lowest BCUT2D eigenvalue weighted by molar-refractivity contribution is 0.151. The van der Waals surface area contributed by atoms with Crippen LogP contribution in [-0.4, -0.2) is 37.5 Å². The number of aryl methyl sites for hydroxylation is 1. The summed E-state index contributed by atoms with van der Waals surface area (Å²) in [4.78, 5) is 6.92. The van der Waals surface area contributed by atoms with E-state index in [0.717, 1.165) is 18.9 Å². The van der Waals surface area contributed by atoms with Crippen molar-refractivity contribution < 1.29 is 0 Å². The molecule has 3 rings (SSSR count). The average Bonchev–Trinajstić information content (AvgIpc) is 2.91. The van der Waals surface area contributed by atoms with Gasteiger partial charge in [-0.3, -0.25) is 4.99 Å². The quantitative estimate of drug-likeness (QED) is 0.683. The SMILES string of the molecule is CN=C(NCCc1ccc(C)cc1)N1CCC2(CCC2)C1. The first-order chi connectivity index (χ1) is 10.2. The number of guanidine groups is 1. The highest BCUT2D eigenvalue weighted by Crippen LogP contribution is 2.47. The fraction of sp³-hybridized carbons (Fsp3) is 0.611. The highest BCUT2D eigenvalue weighted by atomic mass is 15.3. The van der Waals surface area contributed by atoms with Gasteiger partial charge in [0.1, 0.15) is 0 Å². The Kier molecular flexibility index (Phi) is 4.18. The predicted molar refractivity (Wildman–Crippen MR) is 88.7 cm³/mol. The zero-order valence-corrected chi connectivity index (χ0v) is 13.4. The van der Waals surface area contributed by atoms with Gasteiger partial charge in [-0.2, -0.15) is 0 Å². The Morgan fingerprint density at radius 3 is 2.57 bits per heavy atom. The van der Waals surface area contributed by atoms with Crippen molar-refractivity contribution in [3.8, 4) is 0 Å². The number of rotatable bonds is 3. The van der Waals surface area contributed by atoms with Crippen molar-refractivity contribution in [1.29, 1.82) is 0 Å². The summed E-state index contributed by atoms with van der Waals surface area (Å²) in [6.07, 6.45) is 6.67. The Bertz CT molecular complexity index is 500. The number of hydrogen-bond donors (Lipinski definition) is 1. The normalized spacial score (nSPS) is 20.7. The fourth-order valence-corrected chi connectivity index (χ4v) is 3.61. The number of hydrogen-bond acceptors (Lipinski definition) is 1. The number of benzene rings is 1. The molecule has 1 aliphatic carbocycles. The highest BCUT2D eigenvalue weighted by molar-refractivity contribution is 5.80. The minimum absolute atomic E-state index is 0.634. The summed E-state index contributed by atoms with van der Waals surface area (Å²) in [7, 11) is 1.90. The van der Waals surface area contributed by atoms with Gasteiger partial charge in [-0.1, -0.05) is 36.2 Å². The molecule has 1 N–H and O–H groups in total. The highest BCUT2D eigenvalue weighted by Gasteiger charge is 2.43. The summed E-state index contributed by atoms with van der Waals surface area (Å²) in [5.41, 5.74) is 3.35. The van der Waals surface area contributed by atoms with Crippen LogP contribution in [0.3, 0.4) is 0 Å². The molecule has 1 aromatic rings. The molecule has 114 valence electrons. The molecular weight excluding hydrogens is 258 g/mol. The molecule has 1 saturated heterocycles. The van der Waals surface area contributed by atoms with E-state index in [1.54, 1.807) is 0 Å². The van der Waals surface area contributed by atoms with Crippen molar-refractivity contribution in [1.82, 2.24) is 10.2 Å². The van der Waals surface area contributed by atoms with E-state index in [4.69, 9.17) is 0 Å². The molecule has 0 radical (unpaired) electrons. The van der Waals surface area contributed by atoms with E-state index in [1.807, 2.05) is 7.05 Å². The van der Waals surface area contributed by atoms with Gasteiger partial charge in [0.15, 0.2) is 5.96 Å². The molecule has 1 aliphatic heterocycles. The van der Waals surface area contributed by atoms with Crippen LogP contribution in [0.25, 0.3) is 0 Å². The monoisotopic (exact) mass is 285 g/mol. The predicted octanol–water partition coefficient (Wildman–Crippen LogP) is 2.99. The van der Waals surface area contributed by atoms with Crippen LogP contribution >= 0.6 is 0 Å². The Balaban J connectivity index is 1.48. The lowest BCUT2D eigenvalue weighted by atomic mass is 9.68. The first kappa shape index (κ1) is 14.4. The second-order valence-corrected chi connectivity index (χ2v) is 6.73. The first-order valence-corrected chi connectivity index (χ1v) is 8.22. The van der Waals surface area contributed by atoms with E-state index >= 15 is 0 Å². The molecule has 0 amide bonds. The van der Waals surface area contributed by atoms with Gasteiger partial charge in [0, 0.05) is 26.7 Å².